The van der Waals surface area contributed by atoms with Gasteiger partial charge in [-0.25, -0.2) is 0 Å². The molecule has 0 aromatic rings. The van der Waals surface area contributed by atoms with Crippen LogP contribution in [0.2, 0.25) is 0 Å². The van der Waals surface area contributed by atoms with Crippen LogP contribution in [0.4, 0.5) is 0 Å². The van der Waals surface area contributed by atoms with Gasteiger partial charge in [-0.15, -0.1) is 0 Å². The Balaban J connectivity index is 2.35. The minimum atomic E-state index is 0.403. The summed E-state index contributed by atoms with van der Waals surface area (Å²) in [5.74, 6) is 0. The first-order valence-electron chi connectivity index (χ1n) is 2.91. The van der Waals surface area contributed by atoms with E-state index in [4.69, 9.17) is 6.57 Å². The molecule has 1 heterocycles. The molecule has 2 heteroatoms. The Kier molecular flexibility index (Phi) is 1.50. The number of rotatable bonds is 0. The Labute approximate surface area is 49.9 Å². The van der Waals surface area contributed by atoms with Gasteiger partial charge >= 0.3 is 0 Å². The van der Waals surface area contributed by atoms with Gasteiger partial charge in [-0.1, -0.05) is 4.85 Å². The largest absolute Gasteiger partial charge is 0.299 e. The minimum absolute atomic E-state index is 0.403. The molecular weight excluding hydrogens is 100 g/mol. The zero-order chi connectivity index (χ0) is 5.98. The predicted octanol–water partition coefficient (Wildman–Crippen LogP) is 0.653. The highest BCUT2D eigenvalue weighted by atomic mass is 15.1. The lowest BCUT2D eigenvalue weighted by Crippen LogP contribution is -2.14. The lowest BCUT2D eigenvalue weighted by atomic mass is 10.3. The van der Waals surface area contributed by atoms with Crippen molar-refractivity contribution in [2.24, 2.45) is 0 Å². The van der Waals surface area contributed by atoms with Crippen molar-refractivity contribution in [3.8, 4) is 6.57 Å². The first kappa shape index (κ1) is 5.58. The van der Waals surface area contributed by atoms with E-state index >= 15 is 0 Å². The molecule has 1 unspecified atom stereocenters. The third-order valence-corrected chi connectivity index (χ3v) is 1.58. The van der Waals surface area contributed by atoms with Crippen LogP contribution in [-0.2, 0) is 0 Å². The number of nitrogens with zero attached hydrogens (tertiary/aromatic N) is 2. The minimum Gasteiger partial charge on any atom is -0.299 e. The average Bonchev–Trinajstić information content (AvgIpc) is 2.14. The quantitative estimate of drug-likeness (QED) is 0.445. The summed E-state index contributed by atoms with van der Waals surface area (Å²) in [6.45, 7) is 7.28. The normalized spacial score (nSPS) is 30.2. The highest BCUT2D eigenvalue weighted by Crippen LogP contribution is 2.08. The summed E-state index contributed by atoms with van der Waals surface area (Å²) in [7, 11) is 2.09. The first-order chi connectivity index (χ1) is 3.83. The second kappa shape index (κ2) is 2.15. The zero-order valence-corrected chi connectivity index (χ0v) is 5.17. The van der Waals surface area contributed by atoms with Crippen molar-refractivity contribution in [1.29, 1.82) is 0 Å². The standard InChI is InChI=1S/C6H11N2/c1-7-6-3-4-8(2)5-6/h1,6H,3-5H2,2H3/q+1. The highest BCUT2D eigenvalue weighted by molar-refractivity contribution is 4.89. The van der Waals surface area contributed by atoms with Crippen molar-refractivity contribution in [2.45, 2.75) is 12.5 Å². The molecule has 0 amide bonds. The fourth-order valence-electron chi connectivity index (χ4n) is 1.03. The number of hydrogen-bond acceptors (Lipinski definition) is 1. The second-order valence-corrected chi connectivity index (χ2v) is 2.35. The van der Waals surface area contributed by atoms with Crippen LogP contribution < -0.4 is 0 Å². The van der Waals surface area contributed by atoms with Gasteiger partial charge in [-0.3, -0.25) is 4.90 Å². The van der Waals surface area contributed by atoms with Gasteiger partial charge in [-0.2, -0.15) is 0 Å². The van der Waals surface area contributed by atoms with Crippen molar-refractivity contribution < 1.29 is 0 Å². The van der Waals surface area contributed by atoms with Gasteiger partial charge in [0.15, 0.2) is 0 Å². The highest BCUT2D eigenvalue weighted by Gasteiger charge is 2.25. The van der Waals surface area contributed by atoms with Gasteiger partial charge in [0, 0.05) is 13.0 Å². The number of likely N-dealkylation sites (N-methyl/N-ethyl adjacent to an activating group) is 1. The van der Waals surface area contributed by atoms with Crippen molar-refractivity contribution in [3.63, 3.8) is 0 Å². The lowest BCUT2D eigenvalue weighted by Gasteiger charge is -1.99. The van der Waals surface area contributed by atoms with Crippen molar-refractivity contribution in [1.82, 2.24) is 4.90 Å². The molecule has 2 nitrogen and oxygen atoms in total. The van der Waals surface area contributed by atoms with E-state index in [0.29, 0.717) is 6.04 Å². The maximum atomic E-state index is 5.09. The van der Waals surface area contributed by atoms with Gasteiger partial charge in [0.1, 0.15) is 0 Å². The van der Waals surface area contributed by atoms with E-state index in [0.717, 1.165) is 19.5 Å². The molecule has 1 aliphatic rings. The van der Waals surface area contributed by atoms with E-state index in [2.05, 4.69) is 16.8 Å². The molecule has 44 valence electrons. The Morgan fingerprint density at radius 3 is 2.75 bits per heavy atom. The number of likely N-dealkylation sites (tertiary alicyclic amines) is 1. The van der Waals surface area contributed by atoms with Crippen LogP contribution in [-0.4, -0.2) is 31.1 Å². The van der Waals surface area contributed by atoms with E-state index in [1.165, 1.54) is 0 Å². The topological polar surface area (TPSA) is 7.60 Å². The maximum Gasteiger partial charge on any atom is 0.285 e. The molecule has 1 aliphatic heterocycles. The lowest BCUT2D eigenvalue weighted by molar-refractivity contribution is 0.416. The van der Waals surface area contributed by atoms with E-state index in [1.807, 2.05) is 0 Å². The van der Waals surface area contributed by atoms with Crippen LogP contribution in [0, 0.1) is 6.57 Å². The van der Waals surface area contributed by atoms with Gasteiger partial charge in [-0.05, 0) is 7.05 Å². The van der Waals surface area contributed by atoms with Gasteiger partial charge < -0.3 is 0 Å². The first-order valence-corrected chi connectivity index (χ1v) is 2.91. The molecule has 0 saturated carbocycles. The SMILES string of the molecule is C#[N+]C1CCN(C)C1. The molecular formula is C6H11N2+. The Hall–Kier alpha value is -0.550. The molecule has 0 aliphatic carbocycles. The maximum absolute atomic E-state index is 5.09. The molecule has 0 spiro atoms. The Bertz CT molecular complexity index is 114. The van der Waals surface area contributed by atoms with Crippen LogP contribution in [0.15, 0.2) is 0 Å². The third kappa shape index (κ3) is 0.988. The number of hydrogen-bond donors (Lipinski definition) is 0. The molecule has 0 bridgehead atoms. The van der Waals surface area contributed by atoms with Crippen LogP contribution in [0.3, 0.4) is 0 Å². The fraction of sp³-hybridized carbons (Fsp3) is 0.833. The molecule has 0 aromatic heterocycles. The van der Waals surface area contributed by atoms with Crippen LogP contribution in [0.1, 0.15) is 6.42 Å². The second-order valence-electron chi connectivity index (χ2n) is 2.35. The molecule has 0 radical (unpaired) electrons. The fourth-order valence-corrected chi connectivity index (χ4v) is 1.03. The van der Waals surface area contributed by atoms with E-state index in [-0.39, 0.29) is 0 Å². The monoisotopic (exact) mass is 111 g/mol. The Morgan fingerprint density at radius 1 is 1.75 bits per heavy atom. The zero-order valence-electron chi connectivity index (χ0n) is 5.17. The molecule has 0 N–H and O–H groups in total. The van der Waals surface area contributed by atoms with Crippen molar-refractivity contribution in [2.75, 3.05) is 20.1 Å². The molecule has 1 fully saturated rings. The van der Waals surface area contributed by atoms with Crippen molar-refractivity contribution >= 4 is 0 Å². The van der Waals surface area contributed by atoms with Gasteiger partial charge in [0.05, 0.1) is 6.54 Å². The van der Waals surface area contributed by atoms with Crippen molar-refractivity contribution in [3.05, 3.63) is 4.85 Å². The molecule has 0 aromatic carbocycles. The molecule has 1 rings (SSSR count). The summed E-state index contributed by atoms with van der Waals surface area (Å²) >= 11 is 0. The molecule has 8 heavy (non-hydrogen) atoms. The van der Waals surface area contributed by atoms with Crippen LogP contribution >= 0.6 is 0 Å². The average molecular weight is 111 g/mol. The summed E-state index contributed by atoms with van der Waals surface area (Å²) in [6.07, 6.45) is 1.13. The van der Waals surface area contributed by atoms with E-state index in [9.17, 15) is 0 Å². The summed E-state index contributed by atoms with van der Waals surface area (Å²) in [6, 6.07) is 0.403. The van der Waals surface area contributed by atoms with E-state index < -0.39 is 0 Å². The van der Waals surface area contributed by atoms with Gasteiger partial charge in [0.2, 0.25) is 0 Å². The molecule has 1 saturated heterocycles. The van der Waals surface area contributed by atoms with Crippen LogP contribution in [0.5, 0.6) is 0 Å². The summed E-state index contributed by atoms with van der Waals surface area (Å²) < 4.78 is 0. The summed E-state index contributed by atoms with van der Waals surface area (Å²) in [5, 5.41) is 0. The summed E-state index contributed by atoms with van der Waals surface area (Å²) in [4.78, 5) is 5.93. The third-order valence-electron chi connectivity index (χ3n) is 1.58. The Morgan fingerprint density at radius 2 is 2.50 bits per heavy atom. The predicted molar refractivity (Wildman–Crippen MR) is 34.2 cm³/mol. The molecule has 1 atom stereocenters. The smallest absolute Gasteiger partial charge is 0.285 e. The summed E-state index contributed by atoms with van der Waals surface area (Å²) in [5.41, 5.74) is 0. The van der Waals surface area contributed by atoms with Crippen LogP contribution in [0.25, 0.3) is 4.85 Å². The van der Waals surface area contributed by atoms with Gasteiger partial charge in [0.25, 0.3) is 12.6 Å². The van der Waals surface area contributed by atoms with E-state index in [1.54, 1.807) is 0 Å².